The van der Waals surface area contributed by atoms with Gasteiger partial charge in [-0.15, -0.1) is 0 Å². The van der Waals surface area contributed by atoms with Gasteiger partial charge < -0.3 is 10.1 Å². The molecule has 2 heteroatoms. The molecular formula is C19H31NO. The van der Waals surface area contributed by atoms with Crippen molar-refractivity contribution < 1.29 is 4.74 Å². The minimum Gasteiger partial charge on any atom is -0.372 e. The first-order valence-corrected chi connectivity index (χ1v) is 8.23. The topological polar surface area (TPSA) is 21.3 Å². The molecule has 0 aliphatic carbocycles. The molecule has 1 saturated heterocycles. The average Bonchev–Trinajstić information content (AvgIpc) is 2.74. The van der Waals surface area contributed by atoms with Crippen LogP contribution in [0.5, 0.6) is 0 Å². The molecule has 0 amide bonds. The van der Waals surface area contributed by atoms with E-state index >= 15 is 0 Å². The summed E-state index contributed by atoms with van der Waals surface area (Å²) >= 11 is 0. The highest BCUT2D eigenvalue weighted by Crippen LogP contribution is 2.34. The molecule has 0 bridgehead atoms. The van der Waals surface area contributed by atoms with Crippen molar-refractivity contribution in [1.29, 1.82) is 0 Å². The van der Waals surface area contributed by atoms with Crippen LogP contribution in [0.1, 0.15) is 65.4 Å². The molecule has 2 atom stereocenters. The average molecular weight is 289 g/mol. The maximum absolute atomic E-state index is 6.20. The molecule has 2 unspecified atom stereocenters. The quantitative estimate of drug-likeness (QED) is 0.861. The van der Waals surface area contributed by atoms with Crippen LogP contribution in [0.3, 0.4) is 0 Å². The van der Waals surface area contributed by atoms with Gasteiger partial charge in [-0.1, -0.05) is 30.3 Å². The van der Waals surface area contributed by atoms with E-state index in [-0.39, 0.29) is 11.1 Å². The molecule has 1 aliphatic rings. The van der Waals surface area contributed by atoms with Gasteiger partial charge in [0.2, 0.25) is 0 Å². The second-order valence-corrected chi connectivity index (χ2v) is 8.01. The summed E-state index contributed by atoms with van der Waals surface area (Å²) in [7, 11) is 0. The second kappa shape index (κ2) is 6.50. The lowest BCUT2D eigenvalue weighted by atomic mass is 9.91. The maximum atomic E-state index is 6.20. The van der Waals surface area contributed by atoms with Gasteiger partial charge in [0.25, 0.3) is 0 Å². The van der Waals surface area contributed by atoms with E-state index < -0.39 is 0 Å². The monoisotopic (exact) mass is 289 g/mol. The van der Waals surface area contributed by atoms with Crippen molar-refractivity contribution in [3.63, 3.8) is 0 Å². The van der Waals surface area contributed by atoms with E-state index in [1.165, 1.54) is 18.4 Å². The van der Waals surface area contributed by atoms with E-state index in [9.17, 15) is 0 Å². The SMILES string of the molecule is CC(C)(C)NCC(CC1CCC(C)(C)O1)c1ccccc1. The molecule has 0 aromatic heterocycles. The van der Waals surface area contributed by atoms with Crippen LogP contribution < -0.4 is 5.32 Å². The first-order chi connectivity index (χ1) is 9.75. The van der Waals surface area contributed by atoms with Crippen molar-refractivity contribution >= 4 is 0 Å². The minimum absolute atomic E-state index is 0.0589. The molecule has 2 nitrogen and oxygen atoms in total. The fourth-order valence-corrected chi connectivity index (χ4v) is 3.05. The molecular weight excluding hydrogens is 258 g/mol. The van der Waals surface area contributed by atoms with Crippen molar-refractivity contribution in [3.8, 4) is 0 Å². The maximum Gasteiger partial charge on any atom is 0.0631 e. The van der Waals surface area contributed by atoms with Gasteiger partial charge in [-0.2, -0.15) is 0 Å². The fraction of sp³-hybridized carbons (Fsp3) is 0.684. The summed E-state index contributed by atoms with van der Waals surface area (Å²) in [5, 5.41) is 3.66. The number of benzene rings is 1. The van der Waals surface area contributed by atoms with Crippen molar-refractivity contribution in [3.05, 3.63) is 35.9 Å². The first-order valence-electron chi connectivity index (χ1n) is 8.23. The van der Waals surface area contributed by atoms with Gasteiger partial charge >= 0.3 is 0 Å². The molecule has 21 heavy (non-hydrogen) atoms. The number of hydrogen-bond acceptors (Lipinski definition) is 2. The van der Waals surface area contributed by atoms with Gasteiger partial charge in [-0.25, -0.2) is 0 Å². The zero-order chi connectivity index (χ0) is 15.5. The van der Waals surface area contributed by atoms with E-state index in [4.69, 9.17) is 4.74 Å². The summed E-state index contributed by atoms with van der Waals surface area (Å²) < 4.78 is 6.20. The lowest BCUT2D eigenvalue weighted by Crippen LogP contribution is -2.39. The Morgan fingerprint density at radius 3 is 2.43 bits per heavy atom. The van der Waals surface area contributed by atoms with Crippen molar-refractivity contribution in [1.82, 2.24) is 5.32 Å². The third-order valence-electron chi connectivity index (χ3n) is 4.25. The van der Waals surface area contributed by atoms with Gasteiger partial charge in [0.15, 0.2) is 0 Å². The molecule has 0 radical (unpaired) electrons. The van der Waals surface area contributed by atoms with Crippen LogP contribution in [0.4, 0.5) is 0 Å². The molecule has 1 heterocycles. The largest absolute Gasteiger partial charge is 0.372 e. The van der Waals surface area contributed by atoms with Gasteiger partial charge in [0, 0.05) is 12.1 Å². The Hall–Kier alpha value is -0.860. The zero-order valence-electron chi connectivity index (χ0n) is 14.3. The molecule has 1 aromatic carbocycles. The smallest absolute Gasteiger partial charge is 0.0631 e. The Bertz CT molecular complexity index is 433. The lowest BCUT2D eigenvalue weighted by molar-refractivity contribution is -0.0210. The summed E-state index contributed by atoms with van der Waals surface area (Å²) in [6.07, 6.45) is 3.86. The predicted molar refractivity (Wildman–Crippen MR) is 89.7 cm³/mol. The molecule has 118 valence electrons. The van der Waals surface area contributed by atoms with Gasteiger partial charge in [-0.3, -0.25) is 0 Å². The standard InChI is InChI=1S/C19H31NO/c1-18(2,3)20-14-16(15-9-7-6-8-10-15)13-17-11-12-19(4,5)21-17/h6-10,16-17,20H,11-14H2,1-5H3. The number of nitrogens with one attached hydrogen (secondary N) is 1. The van der Waals surface area contributed by atoms with Gasteiger partial charge in [0.1, 0.15) is 0 Å². The third-order valence-corrected chi connectivity index (χ3v) is 4.25. The highest BCUT2D eigenvalue weighted by Gasteiger charge is 2.33. The van der Waals surface area contributed by atoms with Crippen LogP contribution >= 0.6 is 0 Å². The molecule has 1 aliphatic heterocycles. The van der Waals surface area contributed by atoms with Crippen LogP contribution in [-0.4, -0.2) is 23.8 Å². The normalized spacial score (nSPS) is 23.2. The fourth-order valence-electron chi connectivity index (χ4n) is 3.05. The van der Waals surface area contributed by atoms with E-state index in [0.717, 1.165) is 13.0 Å². The summed E-state index contributed by atoms with van der Waals surface area (Å²) in [4.78, 5) is 0. The molecule has 0 saturated carbocycles. The van der Waals surface area contributed by atoms with Crippen LogP contribution in [0, 0.1) is 0 Å². The minimum atomic E-state index is 0.0589. The highest BCUT2D eigenvalue weighted by molar-refractivity contribution is 5.20. The Labute approximate surface area is 130 Å². The third kappa shape index (κ3) is 5.44. The Balaban J connectivity index is 2.02. The van der Waals surface area contributed by atoms with Crippen molar-refractivity contribution in [2.75, 3.05) is 6.54 Å². The highest BCUT2D eigenvalue weighted by atomic mass is 16.5. The Morgan fingerprint density at radius 2 is 1.90 bits per heavy atom. The van der Waals surface area contributed by atoms with E-state index in [1.54, 1.807) is 0 Å². The summed E-state index contributed by atoms with van der Waals surface area (Å²) in [5.41, 5.74) is 1.63. The Morgan fingerprint density at radius 1 is 1.24 bits per heavy atom. The number of hydrogen-bond donors (Lipinski definition) is 1. The molecule has 1 fully saturated rings. The van der Waals surface area contributed by atoms with E-state index in [0.29, 0.717) is 12.0 Å². The van der Waals surface area contributed by atoms with E-state index in [1.807, 2.05) is 0 Å². The van der Waals surface area contributed by atoms with Crippen molar-refractivity contribution in [2.45, 2.75) is 77.0 Å². The van der Waals surface area contributed by atoms with Crippen LogP contribution in [0.15, 0.2) is 30.3 Å². The molecule has 2 rings (SSSR count). The molecule has 1 N–H and O–H groups in total. The summed E-state index contributed by atoms with van der Waals surface area (Å²) in [6, 6.07) is 10.9. The van der Waals surface area contributed by atoms with Gasteiger partial charge in [-0.05, 0) is 65.4 Å². The van der Waals surface area contributed by atoms with Crippen LogP contribution in [-0.2, 0) is 4.74 Å². The number of ether oxygens (including phenoxy) is 1. The summed E-state index contributed by atoms with van der Waals surface area (Å²) in [5.74, 6) is 0.518. The predicted octanol–water partition coefficient (Wildman–Crippen LogP) is 4.51. The van der Waals surface area contributed by atoms with Crippen LogP contribution in [0.25, 0.3) is 0 Å². The molecule has 1 aromatic rings. The molecule has 0 spiro atoms. The first kappa shape index (κ1) is 16.5. The Kier molecular flexibility index (Phi) is 5.11. The lowest BCUT2D eigenvalue weighted by Gasteiger charge is -2.28. The summed E-state index contributed by atoms with van der Waals surface area (Å²) in [6.45, 7) is 12.1. The second-order valence-electron chi connectivity index (χ2n) is 8.01. The van der Waals surface area contributed by atoms with E-state index in [2.05, 4.69) is 70.3 Å². The van der Waals surface area contributed by atoms with Crippen molar-refractivity contribution in [2.24, 2.45) is 0 Å². The van der Waals surface area contributed by atoms with Crippen LogP contribution in [0.2, 0.25) is 0 Å². The zero-order valence-corrected chi connectivity index (χ0v) is 14.3. The van der Waals surface area contributed by atoms with Gasteiger partial charge in [0.05, 0.1) is 11.7 Å². The number of rotatable bonds is 5.